The summed E-state index contributed by atoms with van der Waals surface area (Å²) in [4.78, 5) is 11.0. The summed E-state index contributed by atoms with van der Waals surface area (Å²) in [6.07, 6.45) is 4.91. The zero-order chi connectivity index (χ0) is 14.1. The Kier molecular flexibility index (Phi) is 3.14. The first-order valence-corrected chi connectivity index (χ1v) is 6.76. The van der Waals surface area contributed by atoms with E-state index in [2.05, 4.69) is 23.5 Å². The van der Waals surface area contributed by atoms with Gasteiger partial charge in [0.1, 0.15) is 0 Å². The van der Waals surface area contributed by atoms with Gasteiger partial charge in [-0.1, -0.05) is 12.1 Å². The Morgan fingerprint density at radius 2 is 2.05 bits per heavy atom. The van der Waals surface area contributed by atoms with Gasteiger partial charge < -0.3 is 4.57 Å². The largest absolute Gasteiger partial charge is 0.341 e. The molecule has 0 aliphatic rings. The van der Waals surface area contributed by atoms with E-state index in [1.807, 2.05) is 47.4 Å². The van der Waals surface area contributed by atoms with E-state index in [0.29, 0.717) is 12.6 Å². The van der Waals surface area contributed by atoms with Crippen LogP contribution in [0.25, 0.3) is 10.9 Å². The van der Waals surface area contributed by atoms with Crippen molar-refractivity contribution < 1.29 is 4.79 Å². The van der Waals surface area contributed by atoms with E-state index in [4.69, 9.17) is 0 Å². The number of aldehydes is 1. The number of hydrogen-bond acceptors (Lipinski definition) is 2. The molecule has 2 aromatic heterocycles. The Bertz CT molecular complexity index is 752. The molecule has 4 nitrogen and oxygen atoms in total. The van der Waals surface area contributed by atoms with Gasteiger partial charge in [0.15, 0.2) is 6.29 Å². The van der Waals surface area contributed by atoms with Gasteiger partial charge in [-0.2, -0.15) is 5.10 Å². The normalized spacial score (nSPS) is 11.3. The van der Waals surface area contributed by atoms with E-state index < -0.39 is 0 Å². The van der Waals surface area contributed by atoms with Gasteiger partial charge in [0.25, 0.3) is 0 Å². The maximum atomic E-state index is 11.0. The molecule has 0 aliphatic heterocycles. The fourth-order valence-corrected chi connectivity index (χ4v) is 2.41. The Balaban J connectivity index is 1.96. The van der Waals surface area contributed by atoms with Crippen molar-refractivity contribution in [3.05, 3.63) is 54.0 Å². The van der Waals surface area contributed by atoms with Crippen LogP contribution in [0, 0.1) is 0 Å². The highest BCUT2D eigenvalue weighted by Gasteiger charge is 2.07. The number of aromatic nitrogens is 3. The summed E-state index contributed by atoms with van der Waals surface area (Å²) in [5, 5.41) is 5.55. The Morgan fingerprint density at radius 3 is 2.75 bits per heavy atom. The first kappa shape index (κ1) is 12.7. The summed E-state index contributed by atoms with van der Waals surface area (Å²) in [6.45, 7) is 4.93. The molecule has 102 valence electrons. The summed E-state index contributed by atoms with van der Waals surface area (Å²) in [6, 6.07) is 10.2. The molecule has 1 aromatic carbocycles. The van der Waals surface area contributed by atoms with E-state index in [1.54, 1.807) is 0 Å². The van der Waals surface area contributed by atoms with Crippen LogP contribution in [0.15, 0.2) is 42.7 Å². The summed E-state index contributed by atoms with van der Waals surface area (Å²) >= 11 is 0. The van der Waals surface area contributed by atoms with Crippen LogP contribution in [0.1, 0.15) is 35.9 Å². The minimum Gasteiger partial charge on any atom is -0.341 e. The van der Waals surface area contributed by atoms with E-state index in [1.165, 1.54) is 0 Å². The number of fused-ring (bicyclic) bond motifs is 1. The standard InChI is InChI=1S/C16H17N3O/c1-12(2)19-9-6-14(17-19)10-18-8-7-15-13(11-20)4-3-5-16(15)18/h3-9,11-12H,10H2,1-2H3. The van der Waals surface area contributed by atoms with Crippen LogP contribution in [-0.4, -0.2) is 20.6 Å². The van der Waals surface area contributed by atoms with Crippen molar-refractivity contribution in [2.75, 3.05) is 0 Å². The highest BCUT2D eigenvalue weighted by Crippen LogP contribution is 2.20. The molecular weight excluding hydrogens is 250 g/mol. The number of benzene rings is 1. The van der Waals surface area contributed by atoms with Gasteiger partial charge in [0.05, 0.1) is 12.2 Å². The molecule has 0 bridgehead atoms. The van der Waals surface area contributed by atoms with E-state index in [0.717, 1.165) is 28.4 Å². The van der Waals surface area contributed by atoms with Crippen LogP contribution in [0.4, 0.5) is 0 Å². The fourth-order valence-electron chi connectivity index (χ4n) is 2.41. The van der Waals surface area contributed by atoms with Crippen LogP contribution in [-0.2, 0) is 6.54 Å². The number of hydrogen-bond donors (Lipinski definition) is 0. The molecule has 0 saturated carbocycles. The van der Waals surface area contributed by atoms with Crippen LogP contribution in [0.3, 0.4) is 0 Å². The van der Waals surface area contributed by atoms with Crippen molar-refractivity contribution >= 4 is 17.2 Å². The predicted molar refractivity (Wildman–Crippen MR) is 79.0 cm³/mol. The quantitative estimate of drug-likeness (QED) is 0.680. The highest BCUT2D eigenvalue weighted by molar-refractivity contribution is 5.97. The molecule has 0 aliphatic carbocycles. The number of nitrogens with zero attached hydrogens (tertiary/aromatic N) is 3. The van der Waals surface area contributed by atoms with Gasteiger partial charge in [-0.25, -0.2) is 0 Å². The topological polar surface area (TPSA) is 39.8 Å². The van der Waals surface area contributed by atoms with Gasteiger partial charge >= 0.3 is 0 Å². The highest BCUT2D eigenvalue weighted by atomic mass is 16.1. The van der Waals surface area contributed by atoms with Crippen LogP contribution in [0.2, 0.25) is 0 Å². The Labute approximate surface area is 117 Å². The third kappa shape index (κ3) is 2.13. The maximum Gasteiger partial charge on any atom is 0.150 e. The van der Waals surface area contributed by atoms with Crippen LogP contribution in [0.5, 0.6) is 0 Å². The molecule has 0 spiro atoms. The average Bonchev–Trinajstić information content (AvgIpc) is 3.06. The number of rotatable bonds is 4. The second-order valence-electron chi connectivity index (χ2n) is 5.22. The lowest BCUT2D eigenvalue weighted by atomic mass is 10.1. The van der Waals surface area contributed by atoms with Crippen LogP contribution < -0.4 is 0 Å². The zero-order valence-electron chi connectivity index (χ0n) is 11.7. The lowest BCUT2D eigenvalue weighted by Crippen LogP contribution is -2.04. The van der Waals surface area contributed by atoms with E-state index in [9.17, 15) is 4.79 Å². The second kappa shape index (κ2) is 4.96. The molecule has 3 rings (SSSR count). The van der Waals surface area contributed by atoms with E-state index >= 15 is 0 Å². The minimum atomic E-state index is 0.367. The summed E-state index contributed by atoms with van der Waals surface area (Å²) in [7, 11) is 0. The summed E-state index contributed by atoms with van der Waals surface area (Å²) in [5.74, 6) is 0. The maximum absolute atomic E-state index is 11.0. The molecule has 3 aromatic rings. The van der Waals surface area contributed by atoms with Crippen LogP contribution >= 0.6 is 0 Å². The minimum absolute atomic E-state index is 0.367. The summed E-state index contributed by atoms with van der Waals surface area (Å²) in [5.41, 5.74) is 2.82. The third-order valence-electron chi connectivity index (χ3n) is 3.50. The lowest BCUT2D eigenvalue weighted by molar-refractivity contribution is 0.112. The van der Waals surface area contributed by atoms with E-state index in [-0.39, 0.29) is 0 Å². The first-order valence-electron chi connectivity index (χ1n) is 6.76. The predicted octanol–water partition coefficient (Wildman–Crippen LogP) is 3.28. The van der Waals surface area contributed by atoms with Gasteiger partial charge in [-0.15, -0.1) is 0 Å². The fraction of sp³-hybridized carbons (Fsp3) is 0.250. The molecule has 0 radical (unpaired) electrons. The molecule has 0 atom stereocenters. The van der Waals surface area contributed by atoms with Gasteiger partial charge in [-0.05, 0) is 32.0 Å². The Morgan fingerprint density at radius 1 is 1.20 bits per heavy atom. The van der Waals surface area contributed by atoms with Crippen molar-refractivity contribution in [1.29, 1.82) is 0 Å². The molecule has 0 unspecified atom stereocenters. The molecule has 20 heavy (non-hydrogen) atoms. The SMILES string of the molecule is CC(C)n1ccc(Cn2ccc3c(C=O)cccc32)n1. The van der Waals surface area contributed by atoms with Gasteiger partial charge in [0, 0.05) is 34.9 Å². The monoisotopic (exact) mass is 267 g/mol. The Hall–Kier alpha value is -2.36. The van der Waals surface area contributed by atoms with Gasteiger partial charge in [-0.3, -0.25) is 9.48 Å². The molecule has 0 N–H and O–H groups in total. The average molecular weight is 267 g/mol. The number of carbonyl (C=O) groups is 1. The zero-order valence-corrected chi connectivity index (χ0v) is 11.7. The molecular formula is C16H17N3O. The van der Waals surface area contributed by atoms with Gasteiger partial charge in [0.2, 0.25) is 0 Å². The third-order valence-corrected chi connectivity index (χ3v) is 3.50. The van der Waals surface area contributed by atoms with Crippen molar-refractivity contribution in [1.82, 2.24) is 14.3 Å². The van der Waals surface area contributed by atoms with Crippen molar-refractivity contribution in [3.8, 4) is 0 Å². The molecule has 0 amide bonds. The molecule has 2 heterocycles. The van der Waals surface area contributed by atoms with Crippen molar-refractivity contribution in [2.24, 2.45) is 0 Å². The molecule has 4 heteroatoms. The number of carbonyl (C=O) groups excluding carboxylic acids is 1. The lowest BCUT2D eigenvalue weighted by Gasteiger charge is -2.05. The second-order valence-corrected chi connectivity index (χ2v) is 5.22. The summed E-state index contributed by atoms with van der Waals surface area (Å²) < 4.78 is 4.08. The first-order chi connectivity index (χ1) is 9.69. The van der Waals surface area contributed by atoms with Crippen molar-refractivity contribution in [2.45, 2.75) is 26.4 Å². The smallest absolute Gasteiger partial charge is 0.150 e. The molecule has 0 fully saturated rings. The van der Waals surface area contributed by atoms with Crippen molar-refractivity contribution in [3.63, 3.8) is 0 Å². The molecule has 0 saturated heterocycles.